The van der Waals surface area contributed by atoms with Crippen LogP contribution in [0.15, 0.2) is 18.2 Å². The van der Waals surface area contributed by atoms with E-state index in [1.165, 1.54) is 18.2 Å². The molecule has 0 unspecified atom stereocenters. The standard InChI is InChI=1S/C8H5ClO3/c9-7-2-5(4-10)1-6(3-7)8(11)12/h1-4H,(H,11,12). The van der Waals surface area contributed by atoms with E-state index in [0.717, 1.165) is 0 Å². The van der Waals surface area contributed by atoms with Gasteiger partial charge in [-0.15, -0.1) is 0 Å². The molecule has 0 amide bonds. The molecule has 0 bridgehead atoms. The van der Waals surface area contributed by atoms with Crippen molar-refractivity contribution in [1.82, 2.24) is 0 Å². The van der Waals surface area contributed by atoms with E-state index < -0.39 is 5.97 Å². The summed E-state index contributed by atoms with van der Waals surface area (Å²) in [5, 5.41) is 8.80. The third-order valence-electron chi connectivity index (χ3n) is 1.30. The van der Waals surface area contributed by atoms with Gasteiger partial charge in [-0.3, -0.25) is 4.79 Å². The summed E-state index contributed by atoms with van der Waals surface area (Å²) in [6, 6.07) is 3.96. The van der Waals surface area contributed by atoms with Crippen LogP contribution in [0.4, 0.5) is 0 Å². The number of benzene rings is 1. The van der Waals surface area contributed by atoms with Crippen molar-refractivity contribution in [2.75, 3.05) is 0 Å². The summed E-state index contributed by atoms with van der Waals surface area (Å²) >= 11 is 5.55. The van der Waals surface area contributed by atoms with Crippen LogP contribution in [0.2, 0.25) is 5.02 Å². The maximum Gasteiger partial charge on any atom is 0.335 e. The van der Waals surface area contributed by atoms with E-state index in [1.807, 2.05) is 0 Å². The van der Waals surface area contributed by atoms with Gasteiger partial charge in [-0.05, 0) is 18.2 Å². The number of rotatable bonds is 2. The first kappa shape index (κ1) is 8.74. The third-order valence-corrected chi connectivity index (χ3v) is 1.52. The first-order valence-corrected chi connectivity index (χ1v) is 3.50. The highest BCUT2D eigenvalue weighted by molar-refractivity contribution is 6.31. The molecular formula is C8H5ClO3. The van der Waals surface area contributed by atoms with E-state index in [4.69, 9.17) is 16.7 Å². The maximum absolute atomic E-state index is 10.4. The van der Waals surface area contributed by atoms with Crippen LogP contribution in [0.25, 0.3) is 0 Å². The van der Waals surface area contributed by atoms with E-state index in [0.29, 0.717) is 6.29 Å². The van der Waals surface area contributed by atoms with Crippen LogP contribution in [0.5, 0.6) is 0 Å². The number of aldehydes is 1. The fraction of sp³-hybridized carbons (Fsp3) is 0. The minimum Gasteiger partial charge on any atom is -0.478 e. The molecule has 1 aromatic rings. The Kier molecular flexibility index (Phi) is 2.45. The Morgan fingerprint density at radius 1 is 1.42 bits per heavy atom. The molecule has 0 heterocycles. The van der Waals surface area contributed by atoms with Crippen molar-refractivity contribution in [3.05, 3.63) is 34.3 Å². The summed E-state index contributed by atoms with van der Waals surface area (Å²) in [5.74, 6) is -1.10. The van der Waals surface area contributed by atoms with Crippen LogP contribution < -0.4 is 0 Å². The van der Waals surface area contributed by atoms with Crippen LogP contribution in [-0.2, 0) is 0 Å². The van der Waals surface area contributed by atoms with Gasteiger partial charge in [0.25, 0.3) is 0 Å². The third kappa shape index (κ3) is 1.83. The molecule has 0 aliphatic heterocycles. The van der Waals surface area contributed by atoms with Gasteiger partial charge in [-0.2, -0.15) is 0 Å². The zero-order chi connectivity index (χ0) is 9.14. The Hall–Kier alpha value is -1.35. The molecule has 0 aromatic heterocycles. The molecule has 3 nitrogen and oxygen atoms in total. The maximum atomic E-state index is 10.4. The van der Waals surface area contributed by atoms with Crippen molar-refractivity contribution in [2.45, 2.75) is 0 Å². The van der Waals surface area contributed by atoms with Crippen LogP contribution in [-0.4, -0.2) is 17.4 Å². The summed E-state index contributed by atoms with van der Waals surface area (Å²) in [7, 11) is 0. The number of halogens is 1. The molecule has 1 N–H and O–H groups in total. The van der Waals surface area contributed by atoms with Gasteiger partial charge in [0.15, 0.2) is 0 Å². The lowest BCUT2D eigenvalue weighted by atomic mass is 10.1. The van der Waals surface area contributed by atoms with Crippen molar-refractivity contribution < 1.29 is 14.7 Å². The predicted octanol–water partition coefficient (Wildman–Crippen LogP) is 1.85. The first-order chi connectivity index (χ1) is 5.63. The lowest BCUT2D eigenvalue weighted by Gasteiger charge is -1.96. The number of carbonyl (C=O) groups excluding carboxylic acids is 1. The summed E-state index contributed by atoms with van der Waals surface area (Å²) in [4.78, 5) is 20.7. The quantitative estimate of drug-likeness (QED) is 0.714. The van der Waals surface area contributed by atoms with Crippen molar-refractivity contribution in [2.24, 2.45) is 0 Å². The normalized spacial score (nSPS) is 9.42. The van der Waals surface area contributed by atoms with Crippen molar-refractivity contribution >= 4 is 23.9 Å². The van der Waals surface area contributed by atoms with Crippen LogP contribution in [0.1, 0.15) is 20.7 Å². The largest absolute Gasteiger partial charge is 0.478 e. The van der Waals surface area contributed by atoms with E-state index in [-0.39, 0.29) is 16.1 Å². The smallest absolute Gasteiger partial charge is 0.335 e. The van der Waals surface area contributed by atoms with Crippen LogP contribution >= 0.6 is 11.6 Å². The van der Waals surface area contributed by atoms with Crippen molar-refractivity contribution in [3.8, 4) is 0 Å². The minimum absolute atomic E-state index is 0.0181. The van der Waals surface area contributed by atoms with Gasteiger partial charge < -0.3 is 5.11 Å². The van der Waals surface area contributed by atoms with Crippen LogP contribution in [0, 0.1) is 0 Å². The zero-order valence-electron chi connectivity index (χ0n) is 5.95. The average Bonchev–Trinajstić information content (AvgIpc) is 2.03. The number of carbonyl (C=O) groups is 2. The summed E-state index contributed by atoms with van der Waals surface area (Å²) < 4.78 is 0. The number of carboxylic acid groups (broad SMARTS) is 1. The first-order valence-electron chi connectivity index (χ1n) is 3.12. The van der Waals surface area contributed by atoms with Gasteiger partial charge in [0.05, 0.1) is 5.56 Å². The highest BCUT2D eigenvalue weighted by Crippen LogP contribution is 2.13. The number of aromatic carboxylic acids is 1. The van der Waals surface area contributed by atoms with E-state index in [9.17, 15) is 9.59 Å². The molecule has 4 heteroatoms. The molecule has 0 radical (unpaired) electrons. The van der Waals surface area contributed by atoms with E-state index >= 15 is 0 Å². The molecule has 0 fully saturated rings. The zero-order valence-corrected chi connectivity index (χ0v) is 6.71. The molecule has 0 atom stereocenters. The molecule has 0 aliphatic carbocycles. The van der Waals surface area contributed by atoms with Gasteiger partial charge in [-0.1, -0.05) is 11.6 Å². The second-order valence-electron chi connectivity index (χ2n) is 2.20. The van der Waals surface area contributed by atoms with Gasteiger partial charge >= 0.3 is 5.97 Å². The molecule has 12 heavy (non-hydrogen) atoms. The second-order valence-corrected chi connectivity index (χ2v) is 2.63. The Morgan fingerprint density at radius 3 is 2.58 bits per heavy atom. The Labute approximate surface area is 73.6 Å². The number of hydrogen-bond acceptors (Lipinski definition) is 2. The molecule has 62 valence electrons. The highest BCUT2D eigenvalue weighted by Gasteiger charge is 2.04. The lowest BCUT2D eigenvalue weighted by Crippen LogP contribution is -1.97. The topological polar surface area (TPSA) is 54.4 Å². The second kappa shape index (κ2) is 3.36. The molecule has 0 spiro atoms. The monoisotopic (exact) mass is 184 g/mol. The molecule has 0 saturated heterocycles. The summed E-state index contributed by atoms with van der Waals surface area (Å²) in [5.41, 5.74) is 0.282. The lowest BCUT2D eigenvalue weighted by molar-refractivity contribution is 0.0697. The van der Waals surface area contributed by atoms with Crippen LogP contribution in [0.3, 0.4) is 0 Å². The number of carboxylic acids is 1. The number of hydrogen-bond donors (Lipinski definition) is 1. The van der Waals surface area contributed by atoms with Gasteiger partial charge in [0.1, 0.15) is 6.29 Å². The highest BCUT2D eigenvalue weighted by atomic mass is 35.5. The predicted molar refractivity (Wildman–Crippen MR) is 43.8 cm³/mol. The molecule has 0 aliphatic rings. The summed E-state index contributed by atoms with van der Waals surface area (Å²) in [6.45, 7) is 0. The molecule has 1 aromatic carbocycles. The van der Waals surface area contributed by atoms with Crippen molar-refractivity contribution in [3.63, 3.8) is 0 Å². The molecular weight excluding hydrogens is 180 g/mol. The van der Waals surface area contributed by atoms with Gasteiger partial charge in [-0.25, -0.2) is 4.79 Å². The molecule has 1 rings (SSSR count). The minimum atomic E-state index is -1.10. The van der Waals surface area contributed by atoms with Crippen molar-refractivity contribution in [1.29, 1.82) is 0 Å². The average molecular weight is 185 g/mol. The summed E-state index contributed by atoms with van der Waals surface area (Å²) in [6.07, 6.45) is 0.554. The SMILES string of the molecule is O=Cc1cc(Cl)cc(C(=O)O)c1. The fourth-order valence-electron chi connectivity index (χ4n) is 0.804. The molecule has 0 saturated carbocycles. The van der Waals surface area contributed by atoms with E-state index in [1.54, 1.807) is 0 Å². The Morgan fingerprint density at radius 2 is 2.08 bits per heavy atom. The Bertz CT molecular complexity index is 333. The van der Waals surface area contributed by atoms with Gasteiger partial charge in [0, 0.05) is 10.6 Å². The van der Waals surface area contributed by atoms with E-state index in [2.05, 4.69) is 0 Å². The van der Waals surface area contributed by atoms with Gasteiger partial charge in [0.2, 0.25) is 0 Å². The Balaban J connectivity index is 3.23. The fourth-order valence-corrected chi connectivity index (χ4v) is 1.05.